The minimum Gasteiger partial charge on any atom is -0.496 e. The fraction of sp³-hybridized carbons (Fsp3) is 0.304. The zero-order valence-electron chi connectivity index (χ0n) is 15.2. The van der Waals surface area contributed by atoms with Gasteiger partial charge in [-0.25, -0.2) is 0 Å². The summed E-state index contributed by atoms with van der Waals surface area (Å²) in [4.78, 5) is 0. The molecule has 0 aromatic heterocycles. The monoisotopic (exact) mass is 346 g/mol. The Morgan fingerprint density at radius 2 is 1.81 bits per heavy atom. The minimum atomic E-state index is 0.353. The second-order valence-corrected chi connectivity index (χ2v) is 6.94. The molecule has 0 bridgehead atoms. The predicted octanol–water partition coefficient (Wildman–Crippen LogP) is 4.43. The first-order valence-electron chi connectivity index (χ1n) is 9.43. The molecule has 1 aliphatic heterocycles. The summed E-state index contributed by atoms with van der Waals surface area (Å²) in [5, 5.41) is 10.0. The SMILES string of the molecule is COc1ccc2ccccc2c1CNC1CCCNC1c1ccccc1. The lowest BCUT2D eigenvalue weighted by molar-refractivity contribution is 0.303. The van der Waals surface area contributed by atoms with Crippen LogP contribution in [0.4, 0.5) is 0 Å². The number of benzene rings is 3. The van der Waals surface area contributed by atoms with Gasteiger partial charge in [0, 0.05) is 24.2 Å². The largest absolute Gasteiger partial charge is 0.496 e. The van der Waals surface area contributed by atoms with Crippen LogP contribution in [0.5, 0.6) is 5.75 Å². The lowest BCUT2D eigenvalue weighted by Gasteiger charge is -2.34. The molecular formula is C23H26N2O. The lowest BCUT2D eigenvalue weighted by atomic mass is 9.92. The third kappa shape index (κ3) is 3.46. The first-order valence-corrected chi connectivity index (χ1v) is 9.43. The van der Waals surface area contributed by atoms with Crippen molar-refractivity contribution in [3.05, 3.63) is 77.9 Å². The average molecular weight is 346 g/mol. The molecule has 3 aromatic rings. The van der Waals surface area contributed by atoms with Gasteiger partial charge in [0.05, 0.1) is 7.11 Å². The molecule has 4 rings (SSSR count). The molecule has 2 N–H and O–H groups in total. The number of nitrogens with one attached hydrogen (secondary N) is 2. The van der Waals surface area contributed by atoms with Gasteiger partial charge in [-0.15, -0.1) is 0 Å². The smallest absolute Gasteiger partial charge is 0.123 e. The Bertz CT molecular complexity index is 862. The standard InChI is InChI=1S/C23H26N2O/c1-26-22-14-13-17-8-5-6-11-19(17)20(22)16-25-21-12-7-15-24-23(21)18-9-3-2-4-10-18/h2-6,8-11,13-14,21,23-25H,7,12,15-16H2,1H3. The Morgan fingerprint density at radius 1 is 1.00 bits per heavy atom. The molecule has 2 atom stereocenters. The van der Waals surface area contributed by atoms with E-state index < -0.39 is 0 Å². The van der Waals surface area contributed by atoms with Crippen LogP contribution in [0.1, 0.15) is 30.0 Å². The summed E-state index contributed by atoms with van der Waals surface area (Å²) in [5.41, 5.74) is 2.59. The van der Waals surface area contributed by atoms with E-state index in [0.29, 0.717) is 12.1 Å². The molecule has 26 heavy (non-hydrogen) atoms. The predicted molar refractivity (Wildman–Crippen MR) is 108 cm³/mol. The van der Waals surface area contributed by atoms with Crippen molar-refractivity contribution in [3.8, 4) is 5.75 Å². The van der Waals surface area contributed by atoms with Crippen molar-refractivity contribution in [2.75, 3.05) is 13.7 Å². The summed E-state index contributed by atoms with van der Waals surface area (Å²) in [5.74, 6) is 0.955. The molecule has 0 radical (unpaired) electrons. The molecule has 0 aliphatic carbocycles. The van der Waals surface area contributed by atoms with Gasteiger partial charge >= 0.3 is 0 Å². The second-order valence-electron chi connectivity index (χ2n) is 6.94. The summed E-state index contributed by atoms with van der Waals surface area (Å²) < 4.78 is 5.65. The van der Waals surface area contributed by atoms with Gasteiger partial charge in [0.1, 0.15) is 5.75 Å². The summed E-state index contributed by atoms with van der Waals surface area (Å²) in [6, 6.07) is 24.3. The van der Waals surface area contributed by atoms with Gasteiger partial charge in [0.2, 0.25) is 0 Å². The molecule has 3 aromatic carbocycles. The normalized spacial score (nSPS) is 20.2. The fourth-order valence-electron chi connectivity index (χ4n) is 4.04. The zero-order valence-corrected chi connectivity index (χ0v) is 15.2. The number of hydrogen-bond acceptors (Lipinski definition) is 3. The van der Waals surface area contributed by atoms with Gasteiger partial charge < -0.3 is 15.4 Å². The van der Waals surface area contributed by atoms with Crippen LogP contribution in [0.3, 0.4) is 0 Å². The highest BCUT2D eigenvalue weighted by Gasteiger charge is 2.26. The van der Waals surface area contributed by atoms with E-state index in [0.717, 1.165) is 18.8 Å². The Hall–Kier alpha value is -2.36. The number of ether oxygens (including phenoxy) is 1. The van der Waals surface area contributed by atoms with E-state index in [1.807, 2.05) is 0 Å². The highest BCUT2D eigenvalue weighted by molar-refractivity contribution is 5.87. The molecule has 1 aliphatic rings. The highest BCUT2D eigenvalue weighted by atomic mass is 16.5. The van der Waals surface area contributed by atoms with Crippen LogP contribution in [0.2, 0.25) is 0 Å². The maximum Gasteiger partial charge on any atom is 0.123 e. The van der Waals surface area contributed by atoms with Crippen LogP contribution in [-0.4, -0.2) is 19.7 Å². The highest BCUT2D eigenvalue weighted by Crippen LogP contribution is 2.29. The van der Waals surface area contributed by atoms with Gasteiger partial charge in [0.25, 0.3) is 0 Å². The van der Waals surface area contributed by atoms with E-state index in [1.165, 1.54) is 34.7 Å². The van der Waals surface area contributed by atoms with Crippen LogP contribution in [0.25, 0.3) is 10.8 Å². The molecule has 0 amide bonds. The van der Waals surface area contributed by atoms with Crippen LogP contribution in [0.15, 0.2) is 66.7 Å². The Kier molecular flexibility index (Phi) is 5.19. The van der Waals surface area contributed by atoms with E-state index >= 15 is 0 Å². The molecule has 0 saturated carbocycles. The zero-order chi connectivity index (χ0) is 17.8. The number of fused-ring (bicyclic) bond motifs is 1. The van der Waals surface area contributed by atoms with Gasteiger partial charge in [-0.05, 0) is 41.8 Å². The molecule has 1 fully saturated rings. The van der Waals surface area contributed by atoms with Crippen molar-refractivity contribution in [1.29, 1.82) is 0 Å². The molecule has 0 spiro atoms. The molecule has 3 nitrogen and oxygen atoms in total. The summed E-state index contributed by atoms with van der Waals surface area (Å²) in [7, 11) is 1.75. The van der Waals surface area contributed by atoms with E-state index in [-0.39, 0.29) is 0 Å². The van der Waals surface area contributed by atoms with Gasteiger partial charge in [-0.2, -0.15) is 0 Å². The third-order valence-electron chi connectivity index (χ3n) is 5.38. The topological polar surface area (TPSA) is 33.3 Å². The Morgan fingerprint density at radius 3 is 2.65 bits per heavy atom. The molecule has 1 saturated heterocycles. The third-order valence-corrected chi connectivity index (χ3v) is 5.38. The van der Waals surface area contributed by atoms with E-state index in [9.17, 15) is 0 Å². The number of rotatable bonds is 5. The Labute approximate surface area is 155 Å². The van der Waals surface area contributed by atoms with Crippen molar-refractivity contribution in [2.24, 2.45) is 0 Å². The van der Waals surface area contributed by atoms with Gasteiger partial charge in [0.15, 0.2) is 0 Å². The van der Waals surface area contributed by atoms with E-state index in [4.69, 9.17) is 4.74 Å². The van der Waals surface area contributed by atoms with Gasteiger partial charge in [-0.3, -0.25) is 0 Å². The summed E-state index contributed by atoms with van der Waals surface area (Å²) >= 11 is 0. The fourth-order valence-corrected chi connectivity index (χ4v) is 4.04. The van der Waals surface area contributed by atoms with Crippen LogP contribution in [0, 0.1) is 0 Å². The molecule has 2 unspecified atom stereocenters. The second kappa shape index (κ2) is 7.90. The maximum atomic E-state index is 5.65. The maximum absolute atomic E-state index is 5.65. The summed E-state index contributed by atoms with van der Waals surface area (Å²) in [6.45, 7) is 1.88. The number of methoxy groups -OCH3 is 1. The van der Waals surface area contributed by atoms with E-state index in [2.05, 4.69) is 77.4 Å². The Balaban J connectivity index is 1.59. The number of hydrogen-bond donors (Lipinski definition) is 2. The minimum absolute atomic E-state index is 0.353. The molecular weight excluding hydrogens is 320 g/mol. The molecule has 1 heterocycles. The summed E-state index contributed by atoms with van der Waals surface area (Å²) in [6.07, 6.45) is 2.38. The average Bonchev–Trinajstić information content (AvgIpc) is 2.72. The van der Waals surface area contributed by atoms with Crippen molar-refractivity contribution in [3.63, 3.8) is 0 Å². The van der Waals surface area contributed by atoms with Gasteiger partial charge in [-0.1, -0.05) is 60.7 Å². The van der Waals surface area contributed by atoms with Crippen molar-refractivity contribution in [1.82, 2.24) is 10.6 Å². The number of piperidine rings is 1. The van der Waals surface area contributed by atoms with Crippen molar-refractivity contribution < 1.29 is 4.74 Å². The van der Waals surface area contributed by atoms with Crippen molar-refractivity contribution in [2.45, 2.75) is 31.5 Å². The quantitative estimate of drug-likeness (QED) is 0.717. The lowest BCUT2D eigenvalue weighted by Crippen LogP contribution is -2.45. The van der Waals surface area contributed by atoms with Crippen LogP contribution in [-0.2, 0) is 6.54 Å². The van der Waals surface area contributed by atoms with Crippen molar-refractivity contribution >= 4 is 10.8 Å². The first-order chi connectivity index (χ1) is 12.9. The van der Waals surface area contributed by atoms with Crippen LogP contribution >= 0.6 is 0 Å². The molecule has 3 heteroatoms. The van der Waals surface area contributed by atoms with Crippen LogP contribution < -0.4 is 15.4 Å². The van der Waals surface area contributed by atoms with E-state index in [1.54, 1.807) is 7.11 Å². The molecule has 134 valence electrons. The first kappa shape index (κ1) is 17.1.